The van der Waals surface area contributed by atoms with E-state index in [1.54, 1.807) is 0 Å². The third kappa shape index (κ3) is 4.96. The van der Waals surface area contributed by atoms with E-state index in [2.05, 4.69) is 156 Å². The van der Waals surface area contributed by atoms with Crippen molar-refractivity contribution >= 4 is 65.7 Å². The number of rotatable bonds is 5. The van der Waals surface area contributed by atoms with Crippen molar-refractivity contribution in [3.8, 4) is 50.7 Å². The summed E-state index contributed by atoms with van der Waals surface area (Å²) in [6.45, 7) is 0. The van der Waals surface area contributed by atoms with Crippen LogP contribution in [0.25, 0.3) is 116 Å². The highest BCUT2D eigenvalue weighted by Gasteiger charge is 2.20. The van der Waals surface area contributed by atoms with E-state index >= 15 is 0 Å². The lowest BCUT2D eigenvalue weighted by molar-refractivity contribution is 0.670. The zero-order valence-corrected chi connectivity index (χ0v) is 30.6. The summed E-state index contributed by atoms with van der Waals surface area (Å²) >= 11 is 0. The van der Waals surface area contributed by atoms with Crippen LogP contribution in [0.1, 0.15) is 0 Å². The van der Waals surface area contributed by atoms with E-state index in [9.17, 15) is 0 Å². The first kappa shape index (κ1) is 31.6. The summed E-state index contributed by atoms with van der Waals surface area (Å²) in [5.41, 5.74) is 13.4. The van der Waals surface area contributed by atoms with Gasteiger partial charge in [0.1, 0.15) is 22.3 Å². The first-order valence-electron chi connectivity index (χ1n) is 19.1. The van der Waals surface area contributed by atoms with Gasteiger partial charge >= 0.3 is 0 Å². The molecule has 0 spiro atoms. The molecule has 0 aliphatic carbocycles. The second-order valence-electron chi connectivity index (χ2n) is 14.5. The molecule has 4 heterocycles. The molecule has 0 unspecified atom stereocenters. The zero-order valence-electron chi connectivity index (χ0n) is 30.6. The van der Waals surface area contributed by atoms with Gasteiger partial charge in [-0.3, -0.25) is 0 Å². The summed E-state index contributed by atoms with van der Waals surface area (Å²) in [4.78, 5) is 10.6. The summed E-state index contributed by atoms with van der Waals surface area (Å²) in [7, 11) is 0. The van der Waals surface area contributed by atoms with Gasteiger partial charge in [-0.25, -0.2) is 9.97 Å². The van der Waals surface area contributed by atoms with Crippen molar-refractivity contribution in [1.29, 1.82) is 0 Å². The van der Waals surface area contributed by atoms with Gasteiger partial charge in [-0.1, -0.05) is 127 Å². The van der Waals surface area contributed by atoms with Crippen molar-refractivity contribution in [3.05, 3.63) is 188 Å². The predicted molar refractivity (Wildman–Crippen MR) is 233 cm³/mol. The summed E-state index contributed by atoms with van der Waals surface area (Å²) < 4.78 is 15.4. The quantitative estimate of drug-likeness (QED) is 0.177. The van der Waals surface area contributed by atoms with Crippen molar-refractivity contribution in [2.75, 3.05) is 0 Å². The molecule has 0 fully saturated rings. The molecule has 4 aromatic heterocycles. The minimum absolute atomic E-state index is 0.628. The molecule has 5 nitrogen and oxygen atoms in total. The number of para-hydroxylation sites is 4. The van der Waals surface area contributed by atoms with Crippen molar-refractivity contribution in [2.45, 2.75) is 0 Å². The summed E-state index contributed by atoms with van der Waals surface area (Å²) in [5, 5.41) is 6.61. The van der Waals surface area contributed by atoms with Gasteiger partial charge in [-0.15, -0.1) is 0 Å². The number of benzene rings is 8. The van der Waals surface area contributed by atoms with Gasteiger partial charge in [0, 0.05) is 49.3 Å². The van der Waals surface area contributed by atoms with Gasteiger partial charge in [0.15, 0.2) is 5.82 Å². The second-order valence-corrected chi connectivity index (χ2v) is 14.5. The first-order valence-corrected chi connectivity index (χ1v) is 19.1. The Kier molecular flexibility index (Phi) is 6.86. The molecule has 12 rings (SSSR count). The lowest BCUT2D eigenvalue weighted by atomic mass is 10.00. The Balaban J connectivity index is 1.08. The van der Waals surface area contributed by atoms with Crippen LogP contribution in [0, 0.1) is 0 Å². The molecule has 0 amide bonds. The Morgan fingerprint density at radius 1 is 0.368 bits per heavy atom. The van der Waals surface area contributed by atoms with Crippen molar-refractivity contribution in [2.24, 2.45) is 0 Å². The third-order valence-corrected chi connectivity index (χ3v) is 11.2. The highest BCUT2D eigenvalue weighted by molar-refractivity contribution is 6.23. The maximum Gasteiger partial charge on any atom is 0.160 e. The number of hydrogen-bond acceptors (Lipinski definition) is 4. The largest absolute Gasteiger partial charge is 0.455 e. The van der Waals surface area contributed by atoms with E-state index < -0.39 is 0 Å². The zero-order chi connectivity index (χ0) is 37.5. The van der Waals surface area contributed by atoms with Crippen molar-refractivity contribution in [3.63, 3.8) is 0 Å². The van der Waals surface area contributed by atoms with Gasteiger partial charge in [0.05, 0.1) is 27.8 Å². The van der Waals surface area contributed by atoms with Crippen LogP contribution in [-0.2, 0) is 0 Å². The van der Waals surface area contributed by atoms with Crippen molar-refractivity contribution < 1.29 is 8.83 Å². The molecule has 8 aromatic carbocycles. The maximum absolute atomic E-state index is 6.57. The van der Waals surface area contributed by atoms with Crippen LogP contribution in [0.4, 0.5) is 0 Å². The summed E-state index contributed by atoms with van der Waals surface area (Å²) in [5.74, 6) is 0.628. The number of nitrogens with zero attached hydrogens (tertiary/aromatic N) is 3. The Morgan fingerprint density at radius 2 is 0.982 bits per heavy atom. The van der Waals surface area contributed by atoms with Crippen LogP contribution < -0.4 is 0 Å². The van der Waals surface area contributed by atoms with E-state index in [0.29, 0.717) is 5.82 Å². The van der Waals surface area contributed by atoms with Gasteiger partial charge in [0.2, 0.25) is 0 Å². The topological polar surface area (TPSA) is 57.0 Å². The molecule has 0 N–H and O–H groups in total. The lowest BCUT2D eigenvalue weighted by Crippen LogP contribution is -1.98. The van der Waals surface area contributed by atoms with Crippen LogP contribution >= 0.6 is 0 Å². The molecule has 0 saturated heterocycles. The van der Waals surface area contributed by atoms with Gasteiger partial charge in [-0.05, 0) is 71.8 Å². The number of aromatic nitrogens is 3. The highest BCUT2D eigenvalue weighted by Crippen LogP contribution is 2.42. The van der Waals surface area contributed by atoms with Crippen molar-refractivity contribution in [1.82, 2.24) is 14.5 Å². The third-order valence-electron chi connectivity index (χ3n) is 11.2. The molecule has 0 aliphatic rings. The van der Waals surface area contributed by atoms with Gasteiger partial charge in [0.25, 0.3) is 0 Å². The van der Waals surface area contributed by atoms with Gasteiger partial charge < -0.3 is 13.4 Å². The average molecular weight is 730 g/mol. The van der Waals surface area contributed by atoms with E-state index in [0.717, 1.165) is 111 Å². The Morgan fingerprint density at radius 3 is 1.82 bits per heavy atom. The molecular weight excluding hydrogens is 699 g/mol. The van der Waals surface area contributed by atoms with E-state index in [1.165, 1.54) is 0 Å². The standard InChI is InChI=1S/C52H31N3O2/c1-2-13-32(14-3-1)33-15-10-16-34(29-33)43-31-44(41-23-12-22-39-37-19-5-8-25-47(37)56-50(39)41)54-52(53-43)35-17-11-18-36(30-35)55-45-24-7-4-21-42(45)49-46(55)28-27-40-38-20-6-9-26-48(38)57-51(40)49/h1-31H. The summed E-state index contributed by atoms with van der Waals surface area (Å²) in [6.07, 6.45) is 0. The van der Waals surface area contributed by atoms with Crippen LogP contribution in [-0.4, -0.2) is 14.5 Å². The normalized spacial score (nSPS) is 11.9. The van der Waals surface area contributed by atoms with Crippen LogP contribution in [0.5, 0.6) is 0 Å². The molecular formula is C52H31N3O2. The van der Waals surface area contributed by atoms with E-state index in [-0.39, 0.29) is 0 Å². The monoisotopic (exact) mass is 729 g/mol. The highest BCUT2D eigenvalue weighted by atomic mass is 16.3. The predicted octanol–water partition coefficient (Wildman–Crippen LogP) is 14.0. The Bertz CT molecular complexity index is 3540. The Hall–Kier alpha value is -7.76. The minimum Gasteiger partial charge on any atom is -0.455 e. The molecule has 12 aromatic rings. The smallest absolute Gasteiger partial charge is 0.160 e. The molecule has 0 atom stereocenters. The number of furan rings is 2. The SMILES string of the molecule is c1ccc(-c2cccc(-c3cc(-c4cccc5c4oc4ccccc45)nc(-c4cccc(-n5c6ccccc6c6c7oc8ccccc8c7ccc65)c4)n3)c2)cc1. The molecule has 0 aliphatic heterocycles. The van der Waals surface area contributed by atoms with E-state index in [4.69, 9.17) is 18.8 Å². The van der Waals surface area contributed by atoms with E-state index in [1.807, 2.05) is 36.4 Å². The van der Waals surface area contributed by atoms with Crippen LogP contribution in [0.15, 0.2) is 197 Å². The molecule has 266 valence electrons. The average Bonchev–Trinajstić information content (AvgIpc) is 3.96. The van der Waals surface area contributed by atoms with Crippen LogP contribution in [0.2, 0.25) is 0 Å². The first-order chi connectivity index (χ1) is 28.2. The molecule has 57 heavy (non-hydrogen) atoms. The van der Waals surface area contributed by atoms with Crippen LogP contribution in [0.3, 0.4) is 0 Å². The fraction of sp³-hybridized carbons (Fsp3) is 0. The Labute approximate surface area is 326 Å². The maximum atomic E-state index is 6.57. The second kappa shape index (κ2) is 12.4. The fourth-order valence-electron chi connectivity index (χ4n) is 8.60. The minimum atomic E-state index is 0.628. The number of hydrogen-bond donors (Lipinski definition) is 0. The number of fused-ring (bicyclic) bond motifs is 10. The molecule has 0 radical (unpaired) electrons. The fourth-order valence-corrected chi connectivity index (χ4v) is 8.60. The summed E-state index contributed by atoms with van der Waals surface area (Å²) in [6, 6.07) is 65.4. The molecule has 5 heteroatoms. The molecule has 0 saturated carbocycles. The molecule has 0 bridgehead atoms. The van der Waals surface area contributed by atoms with Gasteiger partial charge in [-0.2, -0.15) is 0 Å². The lowest BCUT2D eigenvalue weighted by Gasteiger charge is -2.13.